The molecule has 0 saturated heterocycles. The van der Waals surface area contributed by atoms with Crippen LogP contribution in [0.1, 0.15) is 12.5 Å². The number of hydrogen-bond acceptors (Lipinski definition) is 4. The number of nitrogens with zero attached hydrogens (tertiary/aromatic N) is 1. The van der Waals surface area contributed by atoms with E-state index >= 15 is 0 Å². The van der Waals surface area contributed by atoms with Gasteiger partial charge in [-0.3, -0.25) is 14.9 Å². The number of hydrogen-bond donors (Lipinski definition) is 2. The molecule has 1 aromatic carbocycles. The second-order valence-electron chi connectivity index (χ2n) is 3.62. The minimum atomic E-state index is -0.408. The third-order valence-corrected chi connectivity index (χ3v) is 2.32. The number of anilines is 1. The molecule has 0 saturated carbocycles. The highest BCUT2D eigenvalue weighted by Gasteiger charge is 2.12. The fourth-order valence-electron chi connectivity index (χ4n) is 1.45. The molecule has 17 heavy (non-hydrogen) atoms. The summed E-state index contributed by atoms with van der Waals surface area (Å²) in [6.45, 7) is 4.15. The van der Waals surface area contributed by atoms with Gasteiger partial charge in [0.1, 0.15) is 0 Å². The molecule has 0 unspecified atom stereocenters. The Bertz CT molecular complexity index is 432. The van der Waals surface area contributed by atoms with E-state index < -0.39 is 4.92 Å². The van der Waals surface area contributed by atoms with Gasteiger partial charge in [0.05, 0.1) is 4.92 Å². The van der Waals surface area contributed by atoms with Gasteiger partial charge in [0.25, 0.3) is 5.69 Å². The van der Waals surface area contributed by atoms with Crippen molar-refractivity contribution in [3.8, 4) is 0 Å². The minimum Gasteiger partial charge on any atom is -0.383 e. The second-order valence-corrected chi connectivity index (χ2v) is 3.62. The molecule has 1 rings (SSSR count). The Hall–Kier alpha value is -2.11. The van der Waals surface area contributed by atoms with Crippen LogP contribution in [0.4, 0.5) is 11.4 Å². The first kappa shape index (κ1) is 13.0. The van der Waals surface area contributed by atoms with Crippen LogP contribution in [0, 0.1) is 17.0 Å². The van der Waals surface area contributed by atoms with Crippen molar-refractivity contribution < 1.29 is 9.72 Å². The summed E-state index contributed by atoms with van der Waals surface area (Å²) in [5.41, 5.74) is 1.40. The Labute approximate surface area is 99.2 Å². The number of carbonyl (C=O) groups is 1. The Morgan fingerprint density at radius 3 is 2.71 bits per heavy atom. The Balaban J connectivity index is 2.62. The van der Waals surface area contributed by atoms with Crippen LogP contribution >= 0.6 is 0 Å². The summed E-state index contributed by atoms with van der Waals surface area (Å²) >= 11 is 0. The summed E-state index contributed by atoms with van der Waals surface area (Å²) in [5, 5.41) is 16.4. The lowest BCUT2D eigenvalue weighted by Crippen LogP contribution is -2.26. The van der Waals surface area contributed by atoms with Crippen LogP contribution in [-0.4, -0.2) is 23.9 Å². The van der Waals surface area contributed by atoms with Crippen molar-refractivity contribution in [3.63, 3.8) is 0 Å². The van der Waals surface area contributed by atoms with E-state index in [1.165, 1.54) is 13.0 Å². The maximum atomic E-state index is 10.7. The van der Waals surface area contributed by atoms with Crippen LogP contribution in [0.5, 0.6) is 0 Å². The zero-order chi connectivity index (χ0) is 12.8. The number of rotatable bonds is 5. The average molecular weight is 237 g/mol. The third-order valence-electron chi connectivity index (χ3n) is 2.32. The highest BCUT2D eigenvalue weighted by molar-refractivity contribution is 5.72. The number of nitrogens with one attached hydrogen (secondary N) is 2. The molecule has 0 aliphatic carbocycles. The predicted molar refractivity (Wildman–Crippen MR) is 65.0 cm³/mol. The van der Waals surface area contributed by atoms with Crippen molar-refractivity contribution in [1.29, 1.82) is 0 Å². The molecule has 2 N–H and O–H groups in total. The van der Waals surface area contributed by atoms with Crippen LogP contribution in [-0.2, 0) is 4.79 Å². The standard InChI is InChI=1S/C11H15N3O3/c1-8-10(13-7-6-12-9(2)15)4-3-5-11(8)14(16)17/h3-5,13H,6-7H2,1-2H3,(H,12,15). The molecule has 6 nitrogen and oxygen atoms in total. The molecule has 92 valence electrons. The van der Waals surface area contributed by atoms with E-state index in [0.717, 1.165) is 0 Å². The molecule has 0 bridgehead atoms. The van der Waals surface area contributed by atoms with Gasteiger partial charge < -0.3 is 10.6 Å². The molecule has 0 heterocycles. The van der Waals surface area contributed by atoms with Gasteiger partial charge >= 0.3 is 0 Å². The van der Waals surface area contributed by atoms with Gasteiger partial charge in [0.15, 0.2) is 0 Å². The highest BCUT2D eigenvalue weighted by Crippen LogP contribution is 2.24. The Morgan fingerprint density at radius 2 is 2.12 bits per heavy atom. The predicted octanol–water partition coefficient (Wildman–Crippen LogP) is 1.45. The maximum absolute atomic E-state index is 10.7. The van der Waals surface area contributed by atoms with Gasteiger partial charge in [-0.15, -0.1) is 0 Å². The van der Waals surface area contributed by atoms with Gasteiger partial charge in [-0.2, -0.15) is 0 Å². The van der Waals surface area contributed by atoms with E-state index in [1.807, 2.05) is 0 Å². The quantitative estimate of drug-likeness (QED) is 0.461. The van der Waals surface area contributed by atoms with Crippen LogP contribution in [0.25, 0.3) is 0 Å². The van der Waals surface area contributed by atoms with E-state index in [4.69, 9.17) is 0 Å². The van der Waals surface area contributed by atoms with Crippen LogP contribution < -0.4 is 10.6 Å². The molecule has 0 aliphatic rings. The van der Waals surface area contributed by atoms with E-state index in [9.17, 15) is 14.9 Å². The fourth-order valence-corrected chi connectivity index (χ4v) is 1.45. The molecule has 0 atom stereocenters. The maximum Gasteiger partial charge on any atom is 0.274 e. The van der Waals surface area contributed by atoms with Crippen molar-refractivity contribution in [2.75, 3.05) is 18.4 Å². The lowest BCUT2D eigenvalue weighted by atomic mass is 10.1. The second kappa shape index (κ2) is 5.83. The van der Waals surface area contributed by atoms with Crippen molar-refractivity contribution in [3.05, 3.63) is 33.9 Å². The zero-order valence-corrected chi connectivity index (χ0v) is 9.82. The molecule has 0 fully saturated rings. The van der Waals surface area contributed by atoms with Gasteiger partial charge in [0, 0.05) is 37.3 Å². The number of nitro groups is 1. The topological polar surface area (TPSA) is 84.3 Å². The first-order chi connectivity index (χ1) is 8.02. The van der Waals surface area contributed by atoms with E-state index in [1.54, 1.807) is 19.1 Å². The Morgan fingerprint density at radius 1 is 1.41 bits per heavy atom. The number of nitro benzene ring substituents is 1. The lowest BCUT2D eigenvalue weighted by molar-refractivity contribution is -0.385. The average Bonchev–Trinajstić information content (AvgIpc) is 2.25. The molecule has 6 heteroatoms. The number of amides is 1. The minimum absolute atomic E-state index is 0.0922. The number of carbonyl (C=O) groups excluding carboxylic acids is 1. The van der Waals surface area contributed by atoms with Crippen molar-refractivity contribution in [2.24, 2.45) is 0 Å². The normalized spacial score (nSPS) is 9.76. The van der Waals surface area contributed by atoms with Crippen LogP contribution in [0.15, 0.2) is 18.2 Å². The van der Waals surface area contributed by atoms with Crippen molar-refractivity contribution in [1.82, 2.24) is 5.32 Å². The number of benzene rings is 1. The molecule has 0 radical (unpaired) electrons. The first-order valence-corrected chi connectivity index (χ1v) is 5.24. The smallest absolute Gasteiger partial charge is 0.274 e. The summed E-state index contributed by atoms with van der Waals surface area (Å²) in [6.07, 6.45) is 0. The third kappa shape index (κ3) is 3.75. The van der Waals surface area contributed by atoms with Gasteiger partial charge in [-0.25, -0.2) is 0 Å². The first-order valence-electron chi connectivity index (χ1n) is 5.24. The molecule has 0 spiro atoms. The van der Waals surface area contributed by atoms with Gasteiger partial charge in [0.2, 0.25) is 5.91 Å². The molecule has 0 aromatic heterocycles. The molecule has 1 aromatic rings. The van der Waals surface area contributed by atoms with Crippen LogP contribution in [0.3, 0.4) is 0 Å². The summed E-state index contributed by atoms with van der Waals surface area (Å²) < 4.78 is 0. The molecule has 1 amide bonds. The van der Waals surface area contributed by atoms with Crippen molar-refractivity contribution >= 4 is 17.3 Å². The summed E-state index contributed by atoms with van der Waals surface area (Å²) in [4.78, 5) is 20.9. The van der Waals surface area contributed by atoms with E-state index in [2.05, 4.69) is 10.6 Å². The highest BCUT2D eigenvalue weighted by atomic mass is 16.6. The molecular weight excluding hydrogens is 222 g/mol. The van der Waals surface area contributed by atoms with Gasteiger partial charge in [-0.05, 0) is 13.0 Å². The summed E-state index contributed by atoms with van der Waals surface area (Å²) in [6, 6.07) is 4.87. The summed E-state index contributed by atoms with van der Waals surface area (Å²) in [5.74, 6) is -0.0948. The molecule has 0 aliphatic heterocycles. The zero-order valence-electron chi connectivity index (χ0n) is 9.82. The van der Waals surface area contributed by atoms with Crippen LogP contribution in [0.2, 0.25) is 0 Å². The fraction of sp³-hybridized carbons (Fsp3) is 0.364. The van der Waals surface area contributed by atoms with Crippen molar-refractivity contribution in [2.45, 2.75) is 13.8 Å². The monoisotopic (exact) mass is 237 g/mol. The largest absolute Gasteiger partial charge is 0.383 e. The SMILES string of the molecule is CC(=O)NCCNc1cccc([N+](=O)[O-])c1C. The van der Waals surface area contributed by atoms with E-state index in [-0.39, 0.29) is 11.6 Å². The van der Waals surface area contributed by atoms with Gasteiger partial charge in [-0.1, -0.05) is 6.07 Å². The molecular formula is C11H15N3O3. The Kier molecular flexibility index (Phi) is 4.45. The summed E-state index contributed by atoms with van der Waals surface area (Å²) in [7, 11) is 0. The lowest BCUT2D eigenvalue weighted by Gasteiger charge is -2.09. The van der Waals surface area contributed by atoms with E-state index in [0.29, 0.717) is 24.3 Å².